The molecule has 0 radical (unpaired) electrons. The van der Waals surface area contributed by atoms with Gasteiger partial charge in [0.15, 0.2) is 6.29 Å². The molecule has 312 valence electrons. The molecule has 3 saturated carbocycles. The molecule has 0 aromatic carbocycles. The van der Waals surface area contributed by atoms with Crippen LogP contribution < -0.4 is 0 Å². The van der Waals surface area contributed by atoms with Gasteiger partial charge in [0.1, 0.15) is 31.0 Å². The molecule has 4 aliphatic carbocycles. The number of fused-ring (bicyclic) bond motifs is 5. The van der Waals surface area contributed by atoms with Crippen molar-refractivity contribution in [2.75, 3.05) is 6.61 Å². The van der Waals surface area contributed by atoms with E-state index in [1.807, 2.05) is 0 Å². The van der Waals surface area contributed by atoms with Crippen molar-refractivity contribution in [3.63, 3.8) is 0 Å². The first-order chi connectivity index (χ1) is 25.9. The number of aliphatic hydroxyl groups excluding tert-OH is 3. The van der Waals surface area contributed by atoms with Gasteiger partial charge >= 0.3 is 5.97 Å². The lowest BCUT2D eigenvalue weighted by Crippen LogP contribution is -2.60. The fourth-order valence-electron chi connectivity index (χ4n) is 12.3. The normalized spacial score (nSPS) is 38.4. The molecular formula is C47H82O7. The van der Waals surface area contributed by atoms with Crippen LogP contribution in [0, 0.1) is 46.3 Å². The van der Waals surface area contributed by atoms with E-state index in [-0.39, 0.29) is 24.1 Å². The Bertz CT molecular complexity index is 1170. The average Bonchev–Trinajstić information content (AvgIpc) is 3.50. The number of carbonyl (C=O) groups is 1. The number of rotatable bonds is 21. The van der Waals surface area contributed by atoms with E-state index in [9.17, 15) is 20.1 Å². The van der Waals surface area contributed by atoms with Crippen molar-refractivity contribution in [3.8, 4) is 0 Å². The predicted octanol–water partition coefficient (Wildman–Crippen LogP) is 10.5. The van der Waals surface area contributed by atoms with E-state index in [2.05, 4.69) is 47.6 Å². The molecule has 4 fully saturated rings. The number of carbonyl (C=O) groups excluding carboxylic acids is 1. The molecule has 1 aliphatic heterocycles. The molecule has 7 heteroatoms. The summed E-state index contributed by atoms with van der Waals surface area (Å²) >= 11 is 0. The summed E-state index contributed by atoms with van der Waals surface area (Å²) in [5.74, 6) is 4.45. The van der Waals surface area contributed by atoms with Crippen molar-refractivity contribution < 1.29 is 34.3 Å². The zero-order valence-electron chi connectivity index (χ0n) is 35.5. The average molecular weight is 759 g/mol. The maximum Gasteiger partial charge on any atom is 0.305 e. The summed E-state index contributed by atoms with van der Waals surface area (Å²) in [7, 11) is 0. The highest BCUT2D eigenvalue weighted by Gasteiger charge is 2.59. The quantitative estimate of drug-likeness (QED) is 0.0608. The summed E-state index contributed by atoms with van der Waals surface area (Å²) in [5.41, 5.74) is 2.15. The molecule has 0 bridgehead atoms. The maximum absolute atomic E-state index is 12.5. The highest BCUT2D eigenvalue weighted by atomic mass is 16.7. The minimum Gasteiger partial charge on any atom is -0.463 e. The van der Waals surface area contributed by atoms with Crippen molar-refractivity contribution in [2.24, 2.45) is 46.3 Å². The van der Waals surface area contributed by atoms with Crippen molar-refractivity contribution in [2.45, 2.75) is 226 Å². The summed E-state index contributed by atoms with van der Waals surface area (Å²) in [6, 6.07) is 0. The third kappa shape index (κ3) is 10.7. The van der Waals surface area contributed by atoms with Gasteiger partial charge in [-0.1, -0.05) is 137 Å². The Balaban J connectivity index is 1.06. The number of ether oxygens (including phenoxy) is 3. The lowest BCUT2D eigenvalue weighted by Gasteiger charge is -2.58. The van der Waals surface area contributed by atoms with E-state index in [1.54, 1.807) is 0 Å². The van der Waals surface area contributed by atoms with Crippen LogP contribution in [-0.4, -0.2) is 64.7 Å². The van der Waals surface area contributed by atoms with Crippen LogP contribution in [-0.2, 0) is 19.0 Å². The molecule has 7 nitrogen and oxygen atoms in total. The van der Waals surface area contributed by atoms with Crippen molar-refractivity contribution in [1.29, 1.82) is 0 Å². The van der Waals surface area contributed by atoms with Crippen LogP contribution in [0.5, 0.6) is 0 Å². The fourth-order valence-corrected chi connectivity index (χ4v) is 12.3. The second kappa shape index (κ2) is 20.6. The van der Waals surface area contributed by atoms with Gasteiger partial charge in [-0.2, -0.15) is 0 Å². The van der Waals surface area contributed by atoms with Crippen molar-refractivity contribution in [1.82, 2.24) is 0 Å². The Morgan fingerprint density at radius 1 is 0.815 bits per heavy atom. The van der Waals surface area contributed by atoms with E-state index >= 15 is 0 Å². The number of hydrogen-bond donors (Lipinski definition) is 3. The SMILES string of the molecule is CCCCCCCCCCCCCC(=O)OCC1OC(O[C@H]2CC[C@@]3(C)C(=CC[C@H]4[C@@H]5CC[C@H]([C@H](C)CCCC(C)C)[C@@]5(C)CC[C@@H]43)C2)C(O)C(O)C1O. The Morgan fingerprint density at radius 2 is 1.50 bits per heavy atom. The molecule has 3 N–H and O–H groups in total. The highest BCUT2D eigenvalue weighted by Crippen LogP contribution is 2.67. The number of unbranched alkanes of at least 4 members (excludes halogenated alkanes) is 10. The summed E-state index contributed by atoms with van der Waals surface area (Å²) in [4.78, 5) is 12.5. The summed E-state index contributed by atoms with van der Waals surface area (Å²) in [5, 5.41) is 32.4. The van der Waals surface area contributed by atoms with Gasteiger partial charge < -0.3 is 29.5 Å². The lowest BCUT2D eigenvalue weighted by molar-refractivity contribution is -0.313. The molecule has 1 heterocycles. The number of aliphatic hydroxyl groups is 3. The molecule has 5 unspecified atom stereocenters. The van der Waals surface area contributed by atoms with E-state index < -0.39 is 30.7 Å². The van der Waals surface area contributed by atoms with Gasteiger partial charge in [-0.05, 0) is 104 Å². The van der Waals surface area contributed by atoms with E-state index in [4.69, 9.17) is 14.2 Å². The largest absolute Gasteiger partial charge is 0.463 e. The molecule has 0 amide bonds. The molecule has 54 heavy (non-hydrogen) atoms. The standard InChI is InChI=1S/C47H82O7/c1-7-8-9-10-11-12-13-14-15-16-17-21-41(48)52-31-40-42(49)43(50)44(51)45(54-40)53-35-26-28-46(5)34(30-35)22-23-36-38-25-24-37(33(4)20-18-19-32(2)3)47(38,6)29-27-39(36)46/h22,32-33,35-40,42-45,49-51H,7-21,23-31H2,1-6H3/t33-,35+,36+,37-,38+,39+,40?,42?,43?,44?,45?,46+,47-/m1/s1. The van der Waals surface area contributed by atoms with Crippen LogP contribution in [0.2, 0.25) is 0 Å². The van der Waals surface area contributed by atoms with Crippen LogP contribution >= 0.6 is 0 Å². The second-order valence-corrected chi connectivity index (χ2v) is 19.8. The van der Waals surface area contributed by atoms with E-state index in [1.165, 1.54) is 102 Å². The van der Waals surface area contributed by atoms with E-state index in [0.717, 1.165) is 74.5 Å². The minimum absolute atomic E-state index is 0.136. The Morgan fingerprint density at radius 3 is 2.19 bits per heavy atom. The van der Waals surface area contributed by atoms with Gasteiger partial charge in [0.2, 0.25) is 0 Å². The van der Waals surface area contributed by atoms with Crippen molar-refractivity contribution >= 4 is 5.97 Å². The van der Waals surface area contributed by atoms with Crippen molar-refractivity contribution in [3.05, 3.63) is 11.6 Å². The molecule has 1 saturated heterocycles. The first-order valence-corrected chi connectivity index (χ1v) is 23.1. The highest BCUT2D eigenvalue weighted by molar-refractivity contribution is 5.69. The fraction of sp³-hybridized carbons (Fsp3) is 0.936. The number of allylic oxidation sites excluding steroid dienone is 1. The van der Waals surface area contributed by atoms with Gasteiger partial charge in [-0.3, -0.25) is 4.79 Å². The molecule has 13 atom stereocenters. The smallest absolute Gasteiger partial charge is 0.305 e. The Kier molecular flexibility index (Phi) is 16.8. The Hall–Kier alpha value is -0.990. The third-order valence-corrected chi connectivity index (χ3v) is 15.6. The van der Waals surface area contributed by atoms with Gasteiger partial charge in [0.25, 0.3) is 0 Å². The van der Waals surface area contributed by atoms with Crippen LogP contribution in [0.4, 0.5) is 0 Å². The topological polar surface area (TPSA) is 105 Å². The molecular weight excluding hydrogens is 677 g/mol. The third-order valence-electron chi connectivity index (χ3n) is 15.6. The summed E-state index contributed by atoms with van der Waals surface area (Å²) in [6.45, 7) is 14.5. The number of esters is 1. The van der Waals surface area contributed by atoms with Gasteiger partial charge in [-0.15, -0.1) is 0 Å². The van der Waals surface area contributed by atoms with Crippen LogP contribution in [0.3, 0.4) is 0 Å². The zero-order chi connectivity index (χ0) is 38.9. The van der Waals surface area contributed by atoms with Crippen LogP contribution in [0.1, 0.15) is 189 Å². The zero-order valence-corrected chi connectivity index (χ0v) is 35.5. The van der Waals surface area contributed by atoms with Gasteiger partial charge in [0, 0.05) is 6.42 Å². The first kappa shape index (κ1) is 44.1. The predicted molar refractivity (Wildman–Crippen MR) is 217 cm³/mol. The monoisotopic (exact) mass is 759 g/mol. The van der Waals surface area contributed by atoms with Crippen LogP contribution in [0.25, 0.3) is 0 Å². The number of hydrogen-bond acceptors (Lipinski definition) is 7. The molecule has 0 aromatic rings. The summed E-state index contributed by atoms with van der Waals surface area (Å²) < 4.78 is 18.0. The molecule has 0 aromatic heterocycles. The molecule has 5 aliphatic rings. The molecule has 0 spiro atoms. The van der Waals surface area contributed by atoms with Gasteiger partial charge in [-0.25, -0.2) is 0 Å². The first-order valence-electron chi connectivity index (χ1n) is 23.1. The van der Waals surface area contributed by atoms with Gasteiger partial charge in [0.05, 0.1) is 6.10 Å². The Labute approximate surface area is 330 Å². The van der Waals surface area contributed by atoms with E-state index in [0.29, 0.717) is 17.8 Å². The minimum atomic E-state index is -1.44. The maximum atomic E-state index is 12.5. The second-order valence-electron chi connectivity index (χ2n) is 19.8. The summed E-state index contributed by atoms with van der Waals surface area (Å²) in [6.07, 6.45) is 23.4. The lowest BCUT2D eigenvalue weighted by atomic mass is 9.47. The van der Waals surface area contributed by atoms with Crippen LogP contribution in [0.15, 0.2) is 11.6 Å². The molecule has 5 rings (SSSR count).